The number of hydrogen-bond donors (Lipinski definition) is 4. The minimum Gasteiger partial charge on any atom is -0.397 e. The number of non-ortho nitro benzene ring substituents is 1. The molecule has 3 aromatic carbocycles. The molecule has 2 amide bonds. The van der Waals surface area contributed by atoms with Crippen molar-refractivity contribution in [3.8, 4) is 0 Å². The van der Waals surface area contributed by atoms with Crippen LogP contribution in [0.5, 0.6) is 0 Å². The predicted molar refractivity (Wildman–Crippen MR) is 115 cm³/mol. The van der Waals surface area contributed by atoms with Gasteiger partial charge in [0.05, 0.1) is 22.8 Å². The Morgan fingerprint density at radius 1 is 0.900 bits per heavy atom. The third-order valence-corrected chi connectivity index (χ3v) is 4.15. The molecule has 0 unspecified atom stereocenters. The van der Waals surface area contributed by atoms with Crippen LogP contribution in [-0.4, -0.2) is 23.3 Å². The summed E-state index contributed by atoms with van der Waals surface area (Å²) in [4.78, 5) is 34.6. The summed E-state index contributed by atoms with van der Waals surface area (Å²) in [6.07, 6.45) is 0. The highest BCUT2D eigenvalue weighted by Crippen LogP contribution is 2.19. The second-order valence-electron chi connectivity index (χ2n) is 6.33. The average molecular weight is 405 g/mol. The Hall–Kier alpha value is -4.40. The SMILES string of the molecule is Nc1ccccc1NC(=O)c1ccc(NCC(=O)Nc2cccc([N+](=O)[O-])c2)cc1. The summed E-state index contributed by atoms with van der Waals surface area (Å²) in [6, 6.07) is 19.2. The largest absolute Gasteiger partial charge is 0.397 e. The smallest absolute Gasteiger partial charge is 0.271 e. The quantitative estimate of drug-likeness (QED) is 0.270. The Morgan fingerprint density at radius 3 is 2.33 bits per heavy atom. The number of anilines is 4. The Morgan fingerprint density at radius 2 is 1.63 bits per heavy atom. The summed E-state index contributed by atoms with van der Waals surface area (Å²) in [6.45, 7) is -0.0468. The van der Waals surface area contributed by atoms with Crippen LogP contribution >= 0.6 is 0 Å². The number of amides is 2. The molecule has 5 N–H and O–H groups in total. The topological polar surface area (TPSA) is 139 Å². The monoisotopic (exact) mass is 405 g/mol. The van der Waals surface area contributed by atoms with Crippen LogP contribution in [0.4, 0.5) is 28.4 Å². The lowest BCUT2D eigenvalue weighted by molar-refractivity contribution is -0.384. The van der Waals surface area contributed by atoms with Gasteiger partial charge in [0.15, 0.2) is 0 Å². The van der Waals surface area contributed by atoms with Gasteiger partial charge in [-0.2, -0.15) is 0 Å². The number of nitrogens with two attached hydrogens (primary N) is 1. The minimum atomic E-state index is -0.530. The fourth-order valence-electron chi connectivity index (χ4n) is 2.63. The van der Waals surface area contributed by atoms with Gasteiger partial charge in [0.25, 0.3) is 11.6 Å². The molecule has 0 saturated heterocycles. The molecule has 0 aliphatic carbocycles. The van der Waals surface area contributed by atoms with E-state index in [1.54, 1.807) is 54.6 Å². The lowest BCUT2D eigenvalue weighted by Crippen LogP contribution is -2.21. The lowest BCUT2D eigenvalue weighted by atomic mass is 10.2. The van der Waals surface area contributed by atoms with Crippen LogP contribution in [0, 0.1) is 10.1 Å². The fraction of sp³-hybridized carbons (Fsp3) is 0.0476. The van der Waals surface area contributed by atoms with E-state index in [2.05, 4.69) is 16.0 Å². The molecule has 0 fully saturated rings. The Labute approximate surface area is 172 Å². The van der Waals surface area contributed by atoms with E-state index in [-0.39, 0.29) is 24.0 Å². The van der Waals surface area contributed by atoms with Crippen LogP contribution in [0.2, 0.25) is 0 Å². The normalized spacial score (nSPS) is 10.1. The predicted octanol–water partition coefficient (Wildman–Crippen LogP) is 3.48. The van der Waals surface area contributed by atoms with Gasteiger partial charge in [0.2, 0.25) is 5.91 Å². The molecule has 0 aliphatic heterocycles. The number of para-hydroxylation sites is 2. The van der Waals surface area contributed by atoms with E-state index in [4.69, 9.17) is 5.73 Å². The van der Waals surface area contributed by atoms with Gasteiger partial charge < -0.3 is 21.7 Å². The second-order valence-corrected chi connectivity index (χ2v) is 6.33. The first kappa shape index (κ1) is 20.3. The molecule has 0 saturated carbocycles. The highest BCUT2D eigenvalue weighted by molar-refractivity contribution is 6.05. The van der Waals surface area contributed by atoms with Crippen LogP contribution < -0.4 is 21.7 Å². The summed E-state index contributed by atoms with van der Waals surface area (Å²) < 4.78 is 0. The number of nitrogens with one attached hydrogen (secondary N) is 3. The number of nitrogens with zero attached hydrogens (tertiary/aromatic N) is 1. The van der Waals surface area contributed by atoms with Crippen LogP contribution in [0.25, 0.3) is 0 Å². The van der Waals surface area contributed by atoms with E-state index in [0.29, 0.717) is 28.3 Å². The summed E-state index contributed by atoms with van der Waals surface area (Å²) in [5, 5.41) is 19.0. The molecule has 9 heteroatoms. The van der Waals surface area contributed by atoms with E-state index >= 15 is 0 Å². The van der Waals surface area contributed by atoms with Crippen LogP contribution in [-0.2, 0) is 4.79 Å². The van der Waals surface area contributed by atoms with Crippen LogP contribution in [0.15, 0.2) is 72.8 Å². The van der Waals surface area contributed by atoms with Crippen LogP contribution in [0.1, 0.15) is 10.4 Å². The Bertz CT molecular complexity index is 1080. The maximum absolute atomic E-state index is 12.3. The van der Waals surface area contributed by atoms with Crippen molar-refractivity contribution in [2.75, 3.05) is 28.2 Å². The van der Waals surface area contributed by atoms with Crippen molar-refractivity contribution in [2.24, 2.45) is 0 Å². The van der Waals surface area contributed by atoms with Gasteiger partial charge in [0.1, 0.15) is 0 Å². The van der Waals surface area contributed by atoms with Crippen molar-refractivity contribution in [3.05, 3.63) is 88.5 Å². The van der Waals surface area contributed by atoms with Crippen molar-refractivity contribution >= 4 is 40.3 Å². The molecule has 0 radical (unpaired) electrons. The van der Waals surface area contributed by atoms with Gasteiger partial charge in [-0.05, 0) is 42.5 Å². The van der Waals surface area contributed by atoms with E-state index in [1.807, 2.05) is 0 Å². The first-order valence-electron chi connectivity index (χ1n) is 8.96. The first-order valence-corrected chi connectivity index (χ1v) is 8.96. The van der Waals surface area contributed by atoms with E-state index in [1.165, 1.54) is 18.2 Å². The molecular formula is C21H19N5O4. The molecule has 0 bridgehead atoms. The standard InChI is InChI=1S/C21H19N5O4/c22-18-6-1-2-7-19(18)25-21(28)14-8-10-15(11-9-14)23-13-20(27)24-16-4-3-5-17(12-16)26(29)30/h1-12,23H,13,22H2,(H,24,27)(H,25,28). The number of nitro groups is 1. The number of nitro benzene ring substituents is 1. The molecule has 0 atom stereocenters. The molecule has 3 rings (SSSR count). The van der Waals surface area contributed by atoms with Gasteiger partial charge in [-0.15, -0.1) is 0 Å². The molecule has 0 heterocycles. The zero-order valence-electron chi connectivity index (χ0n) is 15.8. The van der Waals surface area contributed by atoms with Gasteiger partial charge in [-0.25, -0.2) is 0 Å². The molecule has 30 heavy (non-hydrogen) atoms. The Balaban J connectivity index is 1.53. The number of nitrogen functional groups attached to an aromatic ring is 1. The molecule has 152 valence electrons. The van der Waals surface area contributed by atoms with Crippen molar-refractivity contribution in [2.45, 2.75) is 0 Å². The van der Waals surface area contributed by atoms with E-state index in [9.17, 15) is 19.7 Å². The molecule has 3 aromatic rings. The highest BCUT2D eigenvalue weighted by atomic mass is 16.6. The van der Waals surface area contributed by atoms with Crippen molar-refractivity contribution in [1.82, 2.24) is 0 Å². The maximum Gasteiger partial charge on any atom is 0.271 e. The van der Waals surface area contributed by atoms with E-state index in [0.717, 1.165) is 0 Å². The number of benzene rings is 3. The van der Waals surface area contributed by atoms with E-state index < -0.39 is 4.92 Å². The van der Waals surface area contributed by atoms with Crippen molar-refractivity contribution in [3.63, 3.8) is 0 Å². The molecular weight excluding hydrogens is 386 g/mol. The summed E-state index contributed by atoms with van der Waals surface area (Å²) in [5.41, 5.74) is 8.13. The fourth-order valence-corrected chi connectivity index (χ4v) is 2.63. The summed E-state index contributed by atoms with van der Waals surface area (Å²) in [5.74, 6) is -0.667. The molecule has 0 aromatic heterocycles. The second kappa shape index (κ2) is 9.20. The maximum atomic E-state index is 12.3. The van der Waals surface area contributed by atoms with Crippen molar-refractivity contribution < 1.29 is 14.5 Å². The molecule has 9 nitrogen and oxygen atoms in total. The minimum absolute atomic E-state index is 0.0468. The van der Waals surface area contributed by atoms with Gasteiger partial charge in [0, 0.05) is 29.1 Å². The van der Waals surface area contributed by atoms with Crippen LogP contribution in [0.3, 0.4) is 0 Å². The lowest BCUT2D eigenvalue weighted by Gasteiger charge is -2.10. The Kier molecular flexibility index (Phi) is 6.23. The summed E-state index contributed by atoms with van der Waals surface area (Å²) in [7, 11) is 0. The number of carbonyl (C=O) groups is 2. The highest BCUT2D eigenvalue weighted by Gasteiger charge is 2.10. The van der Waals surface area contributed by atoms with Crippen molar-refractivity contribution in [1.29, 1.82) is 0 Å². The van der Waals surface area contributed by atoms with Gasteiger partial charge in [-0.3, -0.25) is 19.7 Å². The first-order chi connectivity index (χ1) is 14.4. The zero-order valence-corrected chi connectivity index (χ0v) is 15.8. The number of carbonyl (C=O) groups excluding carboxylic acids is 2. The zero-order chi connectivity index (χ0) is 21.5. The molecule has 0 aliphatic rings. The number of hydrogen-bond acceptors (Lipinski definition) is 6. The summed E-state index contributed by atoms with van der Waals surface area (Å²) >= 11 is 0. The third kappa shape index (κ3) is 5.32. The average Bonchev–Trinajstić information content (AvgIpc) is 2.74. The number of rotatable bonds is 7. The molecule has 0 spiro atoms. The van der Waals surface area contributed by atoms with Gasteiger partial charge >= 0.3 is 0 Å². The third-order valence-electron chi connectivity index (χ3n) is 4.15. The van der Waals surface area contributed by atoms with Gasteiger partial charge in [-0.1, -0.05) is 18.2 Å².